The molecule has 0 unspecified atom stereocenters. The Morgan fingerprint density at radius 3 is 2.74 bits per heavy atom. The summed E-state index contributed by atoms with van der Waals surface area (Å²) in [6.07, 6.45) is 1.03. The van der Waals surface area contributed by atoms with Crippen molar-refractivity contribution in [3.8, 4) is 5.75 Å². The molecular formula is C13H21N3O3. The van der Waals surface area contributed by atoms with Crippen molar-refractivity contribution < 1.29 is 9.66 Å². The first-order valence-electron chi connectivity index (χ1n) is 6.21. The largest absolute Gasteiger partial charge is 0.496 e. The predicted octanol–water partition coefficient (Wildman–Crippen LogP) is 1.64. The van der Waals surface area contributed by atoms with Crippen molar-refractivity contribution in [1.82, 2.24) is 10.2 Å². The lowest BCUT2D eigenvalue weighted by Gasteiger charge is -2.11. The van der Waals surface area contributed by atoms with Gasteiger partial charge in [-0.1, -0.05) is 0 Å². The van der Waals surface area contributed by atoms with Gasteiger partial charge in [0, 0.05) is 24.2 Å². The molecule has 6 heteroatoms. The molecule has 1 aromatic rings. The molecule has 0 fully saturated rings. The highest BCUT2D eigenvalue weighted by molar-refractivity contribution is 5.43. The van der Waals surface area contributed by atoms with Crippen LogP contribution in [0, 0.1) is 10.1 Å². The Labute approximate surface area is 113 Å². The lowest BCUT2D eigenvalue weighted by molar-refractivity contribution is -0.384. The van der Waals surface area contributed by atoms with Gasteiger partial charge in [0.05, 0.1) is 12.0 Å². The van der Waals surface area contributed by atoms with Crippen molar-refractivity contribution in [3.63, 3.8) is 0 Å². The predicted molar refractivity (Wildman–Crippen MR) is 74.5 cm³/mol. The van der Waals surface area contributed by atoms with Crippen molar-refractivity contribution in [2.75, 3.05) is 34.3 Å². The summed E-state index contributed by atoms with van der Waals surface area (Å²) in [5.41, 5.74) is 0.896. The lowest BCUT2D eigenvalue weighted by atomic mass is 10.1. The summed E-state index contributed by atoms with van der Waals surface area (Å²) >= 11 is 0. The van der Waals surface area contributed by atoms with E-state index in [0.29, 0.717) is 12.3 Å². The summed E-state index contributed by atoms with van der Waals surface area (Å²) < 4.78 is 5.20. The zero-order valence-corrected chi connectivity index (χ0v) is 11.7. The number of hydrogen-bond donors (Lipinski definition) is 1. The van der Waals surface area contributed by atoms with Crippen LogP contribution in [0.1, 0.15) is 12.0 Å². The van der Waals surface area contributed by atoms with Gasteiger partial charge >= 0.3 is 0 Å². The van der Waals surface area contributed by atoms with Gasteiger partial charge in [-0.15, -0.1) is 0 Å². The summed E-state index contributed by atoms with van der Waals surface area (Å²) in [6, 6.07) is 4.64. The number of nitrogens with zero attached hydrogens (tertiary/aromatic N) is 2. The van der Waals surface area contributed by atoms with Crippen molar-refractivity contribution in [2.24, 2.45) is 0 Å². The second-order valence-corrected chi connectivity index (χ2v) is 4.59. The maximum Gasteiger partial charge on any atom is 0.270 e. The Balaban J connectivity index is 2.55. The summed E-state index contributed by atoms with van der Waals surface area (Å²) in [5, 5.41) is 14.0. The van der Waals surface area contributed by atoms with Crippen LogP contribution >= 0.6 is 0 Å². The van der Waals surface area contributed by atoms with E-state index in [1.165, 1.54) is 6.07 Å². The second kappa shape index (κ2) is 7.70. The van der Waals surface area contributed by atoms with Crippen molar-refractivity contribution in [3.05, 3.63) is 33.9 Å². The van der Waals surface area contributed by atoms with Crippen molar-refractivity contribution >= 4 is 5.69 Å². The highest BCUT2D eigenvalue weighted by Gasteiger charge is 2.10. The first-order chi connectivity index (χ1) is 9.04. The fraction of sp³-hybridized carbons (Fsp3) is 0.538. The number of hydrogen-bond acceptors (Lipinski definition) is 5. The maximum atomic E-state index is 10.7. The Bertz CT molecular complexity index is 422. The Morgan fingerprint density at radius 1 is 1.42 bits per heavy atom. The van der Waals surface area contributed by atoms with E-state index in [1.807, 2.05) is 14.1 Å². The normalized spacial score (nSPS) is 10.7. The Hall–Kier alpha value is -1.66. The zero-order valence-electron chi connectivity index (χ0n) is 11.7. The van der Waals surface area contributed by atoms with Gasteiger partial charge in [0.25, 0.3) is 5.69 Å². The molecular weight excluding hydrogens is 246 g/mol. The van der Waals surface area contributed by atoms with E-state index in [2.05, 4.69) is 10.2 Å². The summed E-state index contributed by atoms with van der Waals surface area (Å²) in [7, 11) is 5.63. The maximum absolute atomic E-state index is 10.7. The molecule has 6 nitrogen and oxygen atoms in total. The molecule has 0 radical (unpaired) electrons. The summed E-state index contributed by atoms with van der Waals surface area (Å²) in [4.78, 5) is 12.5. The molecule has 0 aliphatic rings. The van der Waals surface area contributed by atoms with Crippen molar-refractivity contribution in [1.29, 1.82) is 0 Å². The van der Waals surface area contributed by atoms with E-state index < -0.39 is 4.92 Å². The number of non-ortho nitro benzene ring substituents is 1. The van der Waals surface area contributed by atoms with Crippen LogP contribution in [-0.2, 0) is 6.54 Å². The fourth-order valence-corrected chi connectivity index (χ4v) is 1.76. The molecule has 0 spiro atoms. The van der Waals surface area contributed by atoms with Gasteiger partial charge in [0.2, 0.25) is 0 Å². The Morgan fingerprint density at radius 2 is 2.16 bits per heavy atom. The van der Waals surface area contributed by atoms with Crippen LogP contribution in [0.15, 0.2) is 18.2 Å². The topological polar surface area (TPSA) is 67.6 Å². The number of rotatable bonds is 8. The van der Waals surface area contributed by atoms with E-state index in [0.717, 1.165) is 25.1 Å². The van der Waals surface area contributed by atoms with Gasteiger partial charge in [-0.2, -0.15) is 0 Å². The van der Waals surface area contributed by atoms with Crippen LogP contribution in [0.25, 0.3) is 0 Å². The molecule has 0 aliphatic carbocycles. The third kappa shape index (κ3) is 5.23. The number of nitro groups is 1. The number of ether oxygens (including phenoxy) is 1. The van der Waals surface area contributed by atoms with Crippen molar-refractivity contribution in [2.45, 2.75) is 13.0 Å². The van der Waals surface area contributed by atoms with Gasteiger partial charge < -0.3 is 15.0 Å². The summed E-state index contributed by atoms with van der Waals surface area (Å²) in [6.45, 7) is 2.45. The molecule has 0 heterocycles. The highest BCUT2D eigenvalue weighted by atomic mass is 16.6. The molecule has 1 rings (SSSR count). The SMILES string of the molecule is COc1ccc([N+](=O)[O-])cc1CNCCCN(C)C. The number of nitro benzene ring substituents is 1. The molecule has 0 amide bonds. The van der Waals surface area contributed by atoms with E-state index in [9.17, 15) is 10.1 Å². The lowest BCUT2D eigenvalue weighted by Crippen LogP contribution is -2.21. The van der Waals surface area contributed by atoms with Gasteiger partial charge in [0.15, 0.2) is 0 Å². The smallest absolute Gasteiger partial charge is 0.270 e. The number of methoxy groups -OCH3 is 1. The molecule has 106 valence electrons. The van der Waals surface area contributed by atoms with Crippen LogP contribution in [0.4, 0.5) is 5.69 Å². The molecule has 0 saturated carbocycles. The van der Waals surface area contributed by atoms with Gasteiger partial charge in [0.1, 0.15) is 5.75 Å². The van der Waals surface area contributed by atoms with E-state index >= 15 is 0 Å². The minimum Gasteiger partial charge on any atom is -0.496 e. The van der Waals surface area contributed by atoms with Gasteiger partial charge in [-0.25, -0.2) is 0 Å². The van der Waals surface area contributed by atoms with Crippen LogP contribution in [-0.4, -0.2) is 44.1 Å². The van der Waals surface area contributed by atoms with Crippen LogP contribution < -0.4 is 10.1 Å². The molecule has 1 N–H and O–H groups in total. The molecule has 19 heavy (non-hydrogen) atoms. The standard InChI is InChI=1S/C13H21N3O3/c1-15(2)8-4-7-14-10-11-9-12(16(17)18)5-6-13(11)19-3/h5-6,9,14H,4,7-8,10H2,1-3H3. The minimum absolute atomic E-state index is 0.0888. The average molecular weight is 267 g/mol. The van der Waals surface area contributed by atoms with E-state index in [1.54, 1.807) is 19.2 Å². The molecule has 0 bridgehead atoms. The van der Waals surface area contributed by atoms with Gasteiger partial charge in [-0.05, 0) is 39.7 Å². The van der Waals surface area contributed by atoms with Gasteiger partial charge in [-0.3, -0.25) is 10.1 Å². The van der Waals surface area contributed by atoms with E-state index in [4.69, 9.17) is 4.74 Å². The molecule has 1 aromatic carbocycles. The fourth-order valence-electron chi connectivity index (χ4n) is 1.76. The molecule has 0 saturated heterocycles. The number of benzene rings is 1. The Kier molecular flexibility index (Phi) is 6.24. The molecule has 0 aromatic heterocycles. The van der Waals surface area contributed by atoms with Crippen LogP contribution in [0.3, 0.4) is 0 Å². The second-order valence-electron chi connectivity index (χ2n) is 4.59. The van der Waals surface area contributed by atoms with Crippen LogP contribution in [0.5, 0.6) is 5.75 Å². The average Bonchev–Trinajstić information content (AvgIpc) is 2.37. The molecule has 0 atom stereocenters. The highest BCUT2D eigenvalue weighted by Crippen LogP contribution is 2.23. The van der Waals surface area contributed by atoms with E-state index in [-0.39, 0.29) is 5.69 Å². The third-order valence-corrected chi connectivity index (χ3v) is 2.75. The third-order valence-electron chi connectivity index (χ3n) is 2.75. The monoisotopic (exact) mass is 267 g/mol. The first-order valence-corrected chi connectivity index (χ1v) is 6.21. The quantitative estimate of drug-likeness (QED) is 0.440. The number of nitrogens with one attached hydrogen (secondary N) is 1. The van der Waals surface area contributed by atoms with Crippen LogP contribution in [0.2, 0.25) is 0 Å². The minimum atomic E-state index is -0.394. The summed E-state index contributed by atoms with van der Waals surface area (Å²) in [5.74, 6) is 0.672. The molecule has 0 aliphatic heterocycles. The zero-order chi connectivity index (χ0) is 14.3. The first kappa shape index (κ1) is 15.4.